The van der Waals surface area contributed by atoms with E-state index in [0.29, 0.717) is 24.0 Å². The Morgan fingerprint density at radius 3 is 2.43 bits per heavy atom. The van der Waals surface area contributed by atoms with Crippen molar-refractivity contribution < 1.29 is 14.0 Å². The topological polar surface area (TPSA) is 50.3 Å². The van der Waals surface area contributed by atoms with E-state index in [4.69, 9.17) is 0 Å². The SMILES string of the molecule is CCC(=O)N(C)c1ccc(-c2ccc(C(=O)CCc3cccnc3F)cc2)c(C)c1. The second-order valence-corrected chi connectivity index (χ2v) is 7.26. The molecule has 0 N–H and O–H groups in total. The lowest BCUT2D eigenvalue weighted by Crippen LogP contribution is -2.25. The first-order valence-corrected chi connectivity index (χ1v) is 10.0. The summed E-state index contributed by atoms with van der Waals surface area (Å²) in [6, 6.07) is 16.7. The molecule has 0 radical (unpaired) electrons. The minimum Gasteiger partial charge on any atom is -0.316 e. The van der Waals surface area contributed by atoms with Gasteiger partial charge in [-0.25, -0.2) is 4.98 Å². The second-order valence-electron chi connectivity index (χ2n) is 7.26. The van der Waals surface area contributed by atoms with Gasteiger partial charge in [-0.15, -0.1) is 0 Å². The van der Waals surface area contributed by atoms with Gasteiger partial charge < -0.3 is 4.90 Å². The summed E-state index contributed by atoms with van der Waals surface area (Å²) in [5, 5.41) is 0. The molecule has 4 nitrogen and oxygen atoms in total. The quantitative estimate of drug-likeness (QED) is 0.392. The van der Waals surface area contributed by atoms with Gasteiger partial charge in [0.15, 0.2) is 5.78 Å². The predicted octanol–water partition coefficient (Wildman–Crippen LogP) is 5.38. The van der Waals surface area contributed by atoms with Gasteiger partial charge >= 0.3 is 0 Å². The Labute approximate surface area is 176 Å². The Kier molecular flexibility index (Phi) is 6.72. The van der Waals surface area contributed by atoms with Crippen molar-refractivity contribution in [3.05, 3.63) is 83.4 Å². The number of halogens is 1. The molecule has 2 aromatic carbocycles. The highest BCUT2D eigenvalue weighted by Gasteiger charge is 2.12. The number of benzene rings is 2. The van der Waals surface area contributed by atoms with E-state index in [1.54, 1.807) is 36.2 Å². The maximum Gasteiger partial charge on any atom is 0.226 e. The highest BCUT2D eigenvalue weighted by atomic mass is 19.1. The summed E-state index contributed by atoms with van der Waals surface area (Å²) in [7, 11) is 1.78. The molecule has 1 aromatic heterocycles. The molecule has 0 fully saturated rings. The fraction of sp³-hybridized carbons (Fsp3) is 0.240. The zero-order valence-electron chi connectivity index (χ0n) is 17.5. The van der Waals surface area contributed by atoms with E-state index in [-0.39, 0.29) is 18.1 Å². The van der Waals surface area contributed by atoms with Crippen molar-refractivity contribution in [2.45, 2.75) is 33.1 Å². The fourth-order valence-corrected chi connectivity index (χ4v) is 3.40. The zero-order chi connectivity index (χ0) is 21.7. The number of aryl methyl sites for hydroxylation is 2. The average Bonchev–Trinajstić information content (AvgIpc) is 2.77. The summed E-state index contributed by atoms with van der Waals surface area (Å²) in [6.45, 7) is 3.85. The van der Waals surface area contributed by atoms with Gasteiger partial charge in [0.2, 0.25) is 11.9 Å². The number of amides is 1. The molecular weight excluding hydrogens is 379 g/mol. The van der Waals surface area contributed by atoms with Crippen LogP contribution in [0.3, 0.4) is 0 Å². The van der Waals surface area contributed by atoms with Gasteiger partial charge in [0.1, 0.15) is 0 Å². The predicted molar refractivity (Wildman–Crippen MR) is 117 cm³/mol. The van der Waals surface area contributed by atoms with Crippen molar-refractivity contribution >= 4 is 17.4 Å². The molecule has 1 amide bonds. The Balaban J connectivity index is 1.71. The number of nitrogens with zero attached hydrogens (tertiary/aromatic N) is 2. The number of carbonyl (C=O) groups is 2. The lowest BCUT2D eigenvalue weighted by atomic mass is 9.97. The number of aromatic nitrogens is 1. The number of hydrogen-bond acceptors (Lipinski definition) is 3. The summed E-state index contributed by atoms with van der Waals surface area (Å²) in [5.74, 6) is -0.487. The first kappa shape index (κ1) is 21.4. The number of ketones is 1. The van der Waals surface area contributed by atoms with Gasteiger partial charge in [0.25, 0.3) is 0 Å². The van der Waals surface area contributed by atoms with Gasteiger partial charge in [0, 0.05) is 42.9 Å². The van der Waals surface area contributed by atoms with E-state index in [0.717, 1.165) is 22.4 Å². The minimum atomic E-state index is -0.522. The summed E-state index contributed by atoms with van der Waals surface area (Å²) in [6.07, 6.45) is 2.41. The fourth-order valence-electron chi connectivity index (χ4n) is 3.40. The molecule has 0 saturated heterocycles. The van der Waals surface area contributed by atoms with Gasteiger partial charge in [-0.1, -0.05) is 43.3 Å². The van der Waals surface area contributed by atoms with Crippen LogP contribution in [0.5, 0.6) is 0 Å². The molecule has 0 aliphatic carbocycles. The Morgan fingerprint density at radius 2 is 1.80 bits per heavy atom. The first-order chi connectivity index (χ1) is 14.4. The van der Waals surface area contributed by atoms with Crippen molar-refractivity contribution in [1.29, 1.82) is 0 Å². The van der Waals surface area contributed by atoms with E-state index < -0.39 is 5.95 Å². The van der Waals surface area contributed by atoms with Crippen LogP contribution < -0.4 is 4.90 Å². The third-order valence-electron chi connectivity index (χ3n) is 5.25. The smallest absolute Gasteiger partial charge is 0.226 e. The monoisotopic (exact) mass is 404 g/mol. The number of pyridine rings is 1. The third kappa shape index (κ3) is 4.79. The van der Waals surface area contributed by atoms with E-state index in [9.17, 15) is 14.0 Å². The molecule has 0 saturated carbocycles. The lowest BCUT2D eigenvalue weighted by molar-refractivity contribution is -0.118. The summed E-state index contributed by atoms with van der Waals surface area (Å²) >= 11 is 0. The summed E-state index contributed by atoms with van der Waals surface area (Å²) in [5.41, 5.74) is 5.01. The molecule has 0 bridgehead atoms. The van der Waals surface area contributed by atoms with Gasteiger partial charge in [0.05, 0.1) is 0 Å². The molecule has 0 aliphatic heterocycles. The zero-order valence-corrected chi connectivity index (χ0v) is 17.5. The van der Waals surface area contributed by atoms with E-state index in [2.05, 4.69) is 4.98 Å². The molecule has 0 unspecified atom stereocenters. The van der Waals surface area contributed by atoms with Gasteiger partial charge in [-0.3, -0.25) is 9.59 Å². The molecule has 0 atom stereocenters. The molecule has 3 rings (SSSR count). The molecule has 0 aliphatic rings. The van der Waals surface area contributed by atoms with Crippen molar-refractivity contribution in [1.82, 2.24) is 4.98 Å². The normalized spacial score (nSPS) is 10.7. The Hall–Kier alpha value is -3.34. The molecule has 0 spiro atoms. The Morgan fingerprint density at radius 1 is 1.07 bits per heavy atom. The average molecular weight is 404 g/mol. The number of rotatable bonds is 7. The minimum absolute atomic E-state index is 0.0309. The molecule has 5 heteroatoms. The summed E-state index contributed by atoms with van der Waals surface area (Å²) < 4.78 is 13.6. The second kappa shape index (κ2) is 9.44. The first-order valence-electron chi connectivity index (χ1n) is 10.0. The van der Waals surface area contributed by atoms with Crippen LogP contribution in [0.15, 0.2) is 60.8 Å². The van der Waals surface area contributed by atoms with Crippen LogP contribution in [0.2, 0.25) is 0 Å². The standard InChI is InChI=1S/C25H25FN2O2/c1-4-24(30)28(3)21-12-13-22(17(2)16-21)18-7-9-19(10-8-18)23(29)14-11-20-6-5-15-27-25(20)26/h5-10,12-13,15-16H,4,11,14H2,1-3H3. The highest BCUT2D eigenvalue weighted by molar-refractivity contribution is 5.97. The van der Waals surface area contributed by atoms with Crippen LogP contribution in [0, 0.1) is 12.9 Å². The highest BCUT2D eigenvalue weighted by Crippen LogP contribution is 2.28. The molecule has 30 heavy (non-hydrogen) atoms. The van der Waals surface area contributed by atoms with Crippen molar-refractivity contribution in [3.8, 4) is 11.1 Å². The number of Topliss-reactive ketones (excluding diaryl/α,β-unsaturated/α-hetero) is 1. The van der Waals surface area contributed by atoms with Gasteiger partial charge in [-0.05, 0) is 48.2 Å². The van der Waals surface area contributed by atoms with Crippen molar-refractivity contribution in [2.75, 3.05) is 11.9 Å². The summed E-state index contributed by atoms with van der Waals surface area (Å²) in [4.78, 5) is 29.7. The van der Waals surface area contributed by atoms with Crippen LogP contribution in [-0.4, -0.2) is 23.7 Å². The Bertz CT molecular complexity index is 1060. The maximum absolute atomic E-state index is 13.6. The number of hydrogen-bond donors (Lipinski definition) is 0. The van der Waals surface area contributed by atoms with Crippen LogP contribution in [0.4, 0.5) is 10.1 Å². The van der Waals surface area contributed by atoms with Crippen molar-refractivity contribution in [3.63, 3.8) is 0 Å². The number of carbonyl (C=O) groups excluding carboxylic acids is 2. The van der Waals surface area contributed by atoms with Crippen molar-refractivity contribution in [2.24, 2.45) is 0 Å². The van der Waals surface area contributed by atoms with E-state index in [1.165, 1.54) is 6.20 Å². The maximum atomic E-state index is 13.6. The molecule has 154 valence electrons. The molecule has 1 heterocycles. The lowest BCUT2D eigenvalue weighted by Gasteiger charge is -2.18. The van der Waals surface area contributed by atoms with Crippen LogP contribution >= 0.6 is 0 Å². The van der Waals surface area contributed by atoms with Crippen LogP contribution in [0.25, 0.3) is 11.1 Å². The molecular formula is C25H25FN2O2. The van der Waals surface area contributed by atoms with Gasteiger partial charge in [-0.2, -0.15) is 4.39 Å². The largest absolute Gasteiger partial charge is 0.316 e. The van der Waals surface area contributed by atoms with Crippen LogP contribution in [0.1, 0.15) is 41.3 Å². The third-order valence-corrected chi connectivity index (χ3v) is 5.25. The van der Waals surface area contributed by atoms with E-state index >= 15 is 0 Å². The molecule has 3 aromatic rings. The number of anilines is 1. The van der Waals surface area contributed by atoms with Crippen LogP contribution in [-0.2, 0) is 11.2 Å². The van der Waals surface area contributed by atoms with E-state index in [1.807, 2.05) is 44.2 Å².